The summed E-state index contributed by atoms with van der Waals surface area (Å²) in [6.07, 6.45) is 13.6. The SMILES string of the molecule is CCCCCCCCCCCCCC(O)(SCc1cc(C(C)(C)C)cc(C(C)(C)C)c1)C(=O)O. The van der Waals surface area contributed by atoms with E-state index in [1.54, 1.807) is 0 Å². The van der Waals surface area contributed by atoms with E-state index >= 15 is 0 Å². The molecule has 0 saturated carbocycles. The first-order valence-electron chi connectivity index (χ1n) is 13.5. The number of aliphatic carboxylic acids is 1. The summed E-state index contributed by atoms with van der Waals surface area (Å²) in [6, 6.07) is 6.61. The van der Waals surface area contributed by atoms with Gasteiger partial charge in [0.2, 0.25) is 4.93 Å². The van der Waals surface area contributed by atoms with Crippen molar-refractivity contribution in [3.05, 3.63) is 34.9 Å². The van der Waals surface area contributed by atoms with E-state index in [0.29, 0.717) is 12.2 Å². The summed E-state index contributed by atoms with van der Waals surface area (Å²) in [4.78, 5) is 10.2. The Balaban J connectivity index is 2.58. The van der Waals surface area contributed by atoms with Gasteiger partial charge in [0.1, 0.15) is 0 Å². The second-order valence-electron chi connectivity index (χ2n) is 12.1. The van der Waals surface area contributed by atoms with Crippen LogP contribution in [-0.2, 0) is 21.4 Å². The Morgan fingerprint density at radius 2 is 1.15 bits per heavy atom. The average molecular weight is 493 g/mol. The number of hydrogen-bond acceptors (Lipinski definition) is 3. The summed E-state index contributed by atoms with van der Waals surface area (Å²) in [5.41, 5.74) is 3.61. The van der Waals surface area contributed by atoms with E-state index in [1.807, 2.05) is 0 Å². The number of carboxylic acids is 1. The van der Waals surface area contributed by atoms with Crippen LogP contribution in [0.3, 0.4) is 0 Å². The molecule has 0 aromatic heterocycles. The van der Waals surface area contributed by atoms with Gasteiger partial charge in [-0.1, -0.05) is 131 Å². The van der Waals surface area contributed by atoms with Gasteiger partial charge in [-0.25, -0.2) is 4.79 Å². The van der Waals surface area contributed by atoms with Gasteiger partial charge in [0, 0.05) is 5.75 Å². The average Bonchev–Trinajstić information content (AvgIpc) is 2.74. The van der Waals surface area contributed by atoms with E-state index in [0.717, 1.165) is 36.6 Å². The number of carbonyl (C=O) groups is 1. The van der Waals surface area contributed by atoms with E-state index in [-0.39, 0.29) is 10.8 Å². The summed E-state index contributed by atoms with van der Waals surface area (Å²) in [7, 11) is 0. The molecule has 2 N–H and O–H groups in total. The number of hydrogen-bond donors (Lipinski definition) is 2. The lowest BCUT2D eigenvalue weighted by Crippen LogP contribution is -2.35. The van der Waals surface area contributed by atoms with Gasteiger partial charge in [0.15, 0.2) is 0 Å². The zero-order valence-electron chi connectivity index (χ0n) is 23.1. The van der Waals surface area contributed by atoms with Crippen LogP contribution in [0.15, 0.2) is 18.2 Å². The first-order valence-corrected chi connectivity index (χ1v) is 14.5. The van der Waals surface area contributed by atoms with Gasteiger partial charge >= 0.3 is 5.97 Å². The van der Waals surface area contributed by atoms with E-state index in [1.165, 1.54) is 62.5 Å². The number of rotatable bonds is 16. The Bertz CT molecular complexity index is 697. The van der Waals surface area contributed by atoms with E-state index in [2.05, 4.69) is 66.7 Å². The Kier molecular flexibility index (Phi) is 13.3. The Morgan fingerprint density at radius 3 is 1.53 bits per heavy atom. The highest BCUT2D eigenvalue weighted by atomic mass is 32.2. The minimum Gasteiger partial charge on any atom is -0.478 e. The maximum absolute atomic E-state index is 11.9. The number of benzene rings is 1. The first-order chi connectivity index (χ1) is 15.8. The molecule has 34 heavy (non-hydrogen) atoms. The number of carboxylic acid groups (broad SMARTS) is 1. The highest BCUT2D eigenvalue weighted by Gasteiger charge is 2.36. The highest BCUT2D eigenvalue weighted by Crippen LogP contribution is 2.35. The van der Waals surface area contributed by atoms with Crippen LogP contribution in [0, 0.1) is 0 Å². The molecule has 3 nitrogen and oxygen atoms in total. The number of thioether (sulfide) groups is 1. The lowest BCUT2D eigenvalue weighted by atomic mass is 9.80. The monoisotopic (exact) mass is 492 g/mol. The van der Waals surface area contributed by atoms with Crippen molar-refractivity contribution >= 4 is 17.7 Å². The molecule has 0 saturated heterocycles. The van der Waals surface area contributed by atoms with Crippen molar-refractivity contribution in [3.8, 4) is 0 Å². The predicted octanol–water partition coefficient (Wildman–Crippen LogP) is 8.99. The molecule has 0 aliphatic carbocycles. The van der Waals surface area contributed by atoms with Crippen molar-refractivity contribution in [2.75, 3.05) is 0 Å². The van der Waals surface area contributed by atoms with Gasteiger partial charge in [-0.15, -0.1) is 11.8 Å². The van der Waals surface area contributed by atoms with Gasteiger partial charge in [0.25, 0.3) is 0 Å². The fourth-order valence-corrected chi connectivity index (χ4v) is 5.10. The maximum atomic E-state index is 11.9. The third-order valence-corrected chi connectivity index (χ3v) is 7.99. The summed E-state index contributed by atoms with van der Waals surface area (Å²) in [5.74, 6) is -0.624. The Labute approximate surface area is 214 Å². The van der Waals surface area contributed by atoms with Crippen molar-refractivity contribution in [2.45, 2.75) is 147 Å². The summed E-state index contributed by atoms with van der Waals surface area (Å²) >= 11 is 1.16. The quantitative estimate of drug-likeness (QED) is 0.178. The largest absolute Gasteiger partial charge is 0.478 e. The van der Waals surface area contributed by atoms with Crippen molar-refractivity contribution in [2.24, 2.45) is 0 Å². The van der Waals surface area contributed by atoms with Crippen LogP contribution < -0.4 is 0 Å². The normalized spacial score (nSPS) is 14.2. The fourth-order valence-electron chi connectivity index (χ4n) is 4.11. The van der Waals surface area contributed by atoms with E-state index in [4.69, 9.17) is 0 Å². The molecule has 0 aliphatic heterocycles. The molecule has 1 rings (SSSR count). The van der Waals surface area contributed by atoms with Gasteiger partial charge in [-0.2, -0.15) is 0 Å². The third-order valence-electron chi connectivity index (χ3n) is 6.66. The van der Waals surface area contributed by atoms with Crippen molar-refractivity contribution in [3.63, 3.8) is 0 Å². The van der Waals surface area contributed by atoms with Crippen molar-refractivity contribution in [1.82, 2.24) is 0 Å². The topological polar surface area (TPSA) is 57.5 Å². The molecule has 0 fully saturated rings. The van der Waals surface area contributed by atoms with Crippen LogP contribution in [0.25, 0.3) is 0 Å². The molecule has 4 heteroatoms. The molecule has 0 bridgehead atoms. The Hall–Kier alpha value is -1.00. The Morgan fingerprint density at radius 1 is 0.735 bits per heavy atom. The van der Waals surface area contributed by atoms with Crippen molar-refractivity contribution in [1.29, 1.82) is 0 Å². The van der Waals surface area contributed by atoms with E-state index in [9.17, 15) is 15.0 Å². The molecular weight excluding hydrogens is 440 g/mol. The zero-order chi connectivity index (χ0) is 25.8. The molecule has 0 aliphatic rings. The number of aliphatic hydroxyl groups is 1. The molecule has 0 amide bonds. The standard InChI is InChI=1S/C30H52O3S/c1-8-9-10-11-12-13-14-15-16-17-18-19-30(33,27(31)32)34-23-24-20-25(28(2,3)4)22-26(21-24)29(5,6)7/h20-22,33H,8-19,23H2,1-7H3,(H,31,32). The molecule has 0 spiro atoms. The summed E-state index contributed by atoms with van der Waals surface area (Å²) < 4.78 is 0. The first kappa shape index (κ1) is 31.0. The molecule has 0 radical (unpaired) electrons. The zero-order valence-corrected chi connectivity index (χ0v) is 24.0. The summed E-state index contributed by atoms with van der Waals surface area (Å²) in [6.45, 7) is 15.4. The molecular formula is C30H52O3S. The lowest BCUT2D eigenvalue weighted by Gasteiger charge is -2.27. The minimum atomic E-state index is -1.72. The van der Waals surface area contributed by atoms with Crippen LogP contribution in [0.4, 0.5) is 0 Å². The van der Waals surface area contributed by atoms with Crippen LogP contribution in [0.2, 0.25) is 0 Å². The minimum absolute atomic E-state index is 0.0132. The molecule has 1 unspecified atom stereocenters. The molecule has 1 atom stereocenters. The van der Waals surface area contributed by atoms with Gasteiger partial charge in [-0.05, 0) is 40.4 Å². The molecule has 196 valence electrons. The van der Waals surface area contributed by atoms with Gasteiger partial charge in [0.05, 0.1) is 0 Å². The summed E-state index contributed by atoms with van der Waals surface area (Å²) in [5, 5.41) is 20.7. The third kappa shape index (κ3) is 11.6. The second kappa shape index (κ2) is 14.5. The van der Waals surface area contributed by atoms with Crippen LogP contribution in [0.1, 0.15) is 142 Å². The van der Waals surface area contributed by atoms with Crippen LogP contribution in [0.5, 0.6) is 0 Å². The lowest BCUT2D eigenvalue weighted by molar-refractivity contribution is -0.149. The van der Waals surface area contributed by atoms with Crippen LogP contribution in [-0.4, -0.2) is 21.1 Å². The predicted molar refractivity (Wildman–Crippen MR) is 149 cm³/mol. The maximum Gasteiger partial charge on any atom is 0.346 e. The smallest absolute Gasteiger partial charge is 0.346 e. The second-order valence-corrected chi connectivity index (χ2v) is 13.3. The van der Waals surface area contributed by atoms with E-state index < -0.39 is 10.9 Å². The fraction of sp³-hybridized carbons (Fsp3) is 0.767. The number of unbranched alkanes of at least 4 members (excludes halogenated alkanes) is 10. The van der Waals surface area contributed by atoms with Crippen LogP contribution >= 0.6 is 11.8 Å². The van der Waals surface area contributed by atoms with Gasteiger partial charge < -0.3 is 10.2 Å². The van der Waals surface area contributed by atoms with Crippen molar-refractivity contribution < 1.29 is 15.0 Å². The molecule has 1 aromatic rings. The highest BCUT2D eigenvalue weighted by molar-refractivity contribution is 8.00. The molecule has 0 heterocycles. The van der Waals surface area contributed by atoms with Gasteiger partial charge in [-0.3, -0.25) is 0 Å². The molecule has 1 aromatic carbocycles.